The SMILES string of the molecule is CCCCCCCCCCCC(Sc1cccc[n+]1[O-])c1ccc(Cl)cc1. The minimum atomic E-state index is 0.287. The molecule has 0 aliphatic rings. The number of unbranched alkanes of at least 4 members (excludes halogenated alkanes) is 8. The highest BCUT2D eigenvalue weighted by atomic mass is 35.5. The summed E-state index contributed by atoms with van der Waals surface area (Å²) in [5.74, 6) is 0. The Morgan fingerprint density at radius 3 is 2.15 bits per heavy atom. The average molecular weight is 406 g/mol. The van der Waals surface area contributed by atoms with E-state index >= 15 is 0 Å². The number of benzene rings is 1. The summed E-state index contributed by atoms with van der Waals surface area (Å²) < 4.78 is 0.962. The number of pyridine rings is 1. The summed E-state index contributed by atoms with van der Waals surface area (Å²) >= 11 is 7.71. The van der Waals surface area contributed by atoms with E-state index in [1.54, 1.807) is 24.0 Å². The molecule has 0 spiro atoms. The van der Waals surface area contributed by atoms with Crippen LogP contribution in [0.4, 0.5) is 0 Å². The van der Waals surface area contributed by atoms with E-state index in [9.17, 15) is 5.21 Å². The van der Waals surface area contributed by atoms with E-state index in [1.807, 2.05) is 24.3 Å². The summed E-state index contributed by atoms with van der Waals surface area (Å²) in [6, 6.07) is 13.7. The van der Waals surface area contributed by atoms with Gasteiger partial charge in [-0.1, -0.05) is 88.4 Å². The average Bonchev–Trinajstić information content (AvgIpc) is 2.68. The second-order valence-corrected chi connectivity index (χ2v) is 8.80. The van der Waals surface area contributed by atoms with Crippen LogP contribution in [0.3, 0.4) is 0 Å². The molecule has 148 valence electrons. The van der Waals surface area contributed by atoms with Gasteiger partial charge in [-0.15, -0.1) is 0 Å². The zero-order valence-electron chi connectivity index (χ0n) is 16.4. The monoisotopic (exact) mass is 405 g/mol. The molecule has 2 aromatic rings. The van der Waals surface area contributed by atoms with Gasteiger partial charge in [0.25, 0.3) is 5.03 Å². The van der Waals surface area contributed by atoms with Crippen LogP contribution >= 0.6 is 23.4 Å². The highest BCUT2D eigenvalue weighted by molar-refractivity contribution is 7.99. The van der Waals surface area contributed by atoms with Crippen molar-refractivity contribution in [1.29, 1.82) is 0 Å². The third-order valence-corrected chi connectivity index (χ3v) is 6.47. The molecular weight excluding hydrogens is 374 g/mol. The Morgan fingerprint density at radius 2 is 1.52 bits per heavy atom. The topological polar surface area (TPSA) is 26.9 Å². The van der Waals surface area contributed by atoms with Crippen molar-refractivity contribution in [2.24, 2.45) is 0 Å². The van der Waals surface area contributed by atoms with Crippen molar-refractivity contribution < 1.29 is 4.73 Å². The van der Waals surface area contributed by atoms with Gasteiger partial charge in [0.1, 0.15) is 0 Å². The standard InChI is InChI=1S/C23H32ClNOS/c1-2-3-4-5-6-7-8-9-10-13-22(20-15-17-21(24)18-16-20)27-23-14-11-12-19-25(23)26/h11-12,14-19,22H,2-10,13H2,1H3. The van der Waals surface area contributed by atoms with Gasteiger partial charge in [-0.25, -0.2) is 0 Å². The van der Waals surface area contributed by atoms with Gasteiger partial charge < -0.3 is 5.21 Å². The van der Waals surface area contributed by atoms with Crippen LogP contribution in [0, 0.1) is 5.21 Å². The summed E-state index contributed by atoms with van der Waals surface area (Å²) in [5, 5.41) is 13.8. The molecular formula is C23H32ClNOS. The first-order valence-electron chi connectivity index (χ1n) is 10.3. The van der Waals surface area contributed by atoms with Crippen LogP contribution in [0.15, 0.2) is 53.7 Å². The fourth-order valence-electron chi connectivity index (χ4n) is 3.26. The maximum absolute atomic E-state index is 12.0. The van der Waals surface area contributed by atoms with Crippen LogP contribution < -0.4 is 4.73 Å². The van der Waals surface area contributed by atoms with Crippen molar-refractivity contribution >= 4 is 23.4 Å². The number of halogens is 1. The Morgan fingerprint density at radius 1 is 0.889 bits per heavy atom. The van der Waals surface area contributed by atoms with Crippen molar-refractivity contribution in [3.8, 4) is 0 Å². The molecule has 1 unspecified atom stereocenters. The molecule has 0 radical (unpaired) electrons. The van der Waals surface area contributed by atoms with Crippen LogP contribution in [0.5, 0.6) is 0 Å². The molecule has 1 aromatic heterocycles. The Balaban J connectivity index is 1.82. The quantitative estimate of drug-likeness (QED) is 0.147. The number of nitrogens with zero attached hydrogens (tertiary/aromatic N) is 1. The van der Waals surface area contributed by atoms with Gasteiger partial charge in [-0.05, 0) is 41.9 Å². The second kappa shape index (κ2) is 13.1. The molecule has 0 N–H and O–H groups in total. The smallest absolute Gasteiger partial charge is 0.251 e. The molecule has 4 heteroatoms. The molecule has 0 aliphatic heterocycles. The number of rotatable bonds is 13. The summed E-state index contributed by atoms with van der Waals surface area (Å²) in [6.45, 7) is 2.26. The number of thioether (sulfide) groups is 1. The Bertz CT molecular complexity index is 647. The Kier molecular flexibility index (Phi) is 10.7. The molecule has 27 heavy (non-hydrogen) atoms. The van der Waals surface area contributed by atoms with Crippen molar-refractivity contribution in [2.45, 2.75) is 81.4 Å². The van der Waals surface area contributed by atoms with Crippen LogP contribution in [0.1, 0.15) is 81.9 Å². The maximum Gasteiger partial charge on any atom is 0.251 e. The summed E-state index contributed by atoms with van der Waals surface area (Å²) in [4.78, 5) is 0. The van der Waals surface area contributed by atoms with Gasteiger partial charge in [-0.3, -0.25) is 0 Å². The molecule has 0 bridgehead atoms. The lowest BCUT2D eigenvalue weighted by Crippen LogP contribution is -2.28. The van der Waals surface area contributed by atoms with E-state index in [4.69, 9.17) is 11.6 Å². The molecule has 2 nitrogen and oxygen atoms in total. The summed E-state index contributed by atoms with van der Waals surface area (Å²) in [5.41, 5.74) is 1.24. The molecule has 0 saturated heterocycles. The molecule has 1 heterocycles. The first-order chi connectivity index (χ1) is 13.2. The van der Waals surface area contributed by atoms with Crippen LogP contribution in [0.2, 0.25) is 5.02 Å². The van der Waals surface area contributed by atoms with Gasteiger partial charge >= 0.3 is 0 Å². The van der Waals surface area contributed by atoms with Crippen molar-refractivity contribution in [3.05, 3.63) is 64.5 Å². The van der Waals surface area contributed by atoms with E-state index < -0.39 is 0 Å². The first kappa shape index (κ1) is 22.1. The van der Waals surface area contributed by atoms with Gasteiger partial charge in [0.15, 0.2) is 6.20 Å². The van der Waals surface area contributed by atoms with Gasteiger partial charge in [0, 0.05) is 22.4 Å². The van der Waals surface area contributed by atoms with E-state index in [0.717, 1.165) is 21.2 Å². The normalized spacial score (nSPS) is 12.2. The highest BCUT2D eigenvalue weighted by Crippen LogP contribution is 2.38. The molecule has 0 amide bonds. The lowest BCUT2D eigenvalue weighted by atomic mass is 10.0. The van der Waals surface area contributed by atoms with E-state index in [2.05, 4.69) is 19.1 Å². The second-order valence-electron chi connectivity index (χ2n) is 7.14. The maximum atomic E-state index is 12.0. The van der Waals surface area contributed by atoms with Crippen molar-refractivity contribution in [2.75, 3.05) is 0 Å². The number of hydrogen-bond acceptors (Lipinski definition) is 2. The van der Waals surface area contributed by atoms with E-state index in [-0.39, 0.29) is 5.25 Å². The van der Waals surface area contributed by atoms with Gasteiger partial charge in [0.05, 0.1) is 0 Å². The predicted octanol–water partition coefficient (Wildman–Crippen LogP) is 7.73. The summed E-state index contributed by atoms with van der Waals surface area (Å²) in [6.07, 6.45) is 14.6. The van der Waals surface area contributed by atoms with Crippen LogP contribution in [-0.2, 0) is 0 Å². The molecule has 0 saturated carbocycles. The zero-order valence-corrected chi connectivity index (χ0v) is 18.0. The third kappa shape index (κ3) is 8.57. The zero-order chi connectivity index (χ0) is 19.3. The lowest BCUT2D eigenvalue weighted by Gasteiger charge is -2.16. The molecule has 2 rings (SSSR count). The largest absolute Gasteiger partial charge is 0.618 e. The van der Waals surface area contributed by atoms with Crippen molar-refractivity contribution in [1.82, 2.24) is 0 Å². The van der Waals surface area contributed by atoms with E-state index in [1.165, 1.54) is 63.4 Å². The van der Waals surface area contributed by atoms with Gasteiger partial charge in [-0.2, -0.15) is 4.73 Å². The molecule has 0 fully saturated rings. The van der Waals surface area contributed by atoms with Crippen LogP contribution in [0.25, 0.3) is 0 Å². The number of aromatic nitrogens is 1. The minimum Gasteiger partial charge on any atom is -0.618 e. The first-order valence-corrected chi connectivity index (χ1v) is 11.6. The van der Waals surface area contributed by atoms with Crippen LogP contribution in [-0.4, -0.2) is 0 Å². The molecule has 0 aliphatic carbocycles. The molecule has 1 atom stereocenters. The Hall–Kier alpha value is -1.19. The van der Waals surface area contributed by atoms with Crippen molar-refractivity contribution in [3.63, 3.8) is 0 Å². The Labute approximate surface area is 173 Å². The minimum absolute atomic E-state index is 0.287. The highest BCUT2D eigenvalue weighted by Gasteiger charge is 2.17. The number of hydrogen-bond donors (Lipinski definition) is 0. The third-order valence-electron chi connectivity index (χ3n) is 4.86. The fraction of sp³-hybridized carbons (Fsp3) is 0.522. The molecule has 1 aromatic carbocycles. The van der Waals surface area contributed by atoms with Gasteiger partial charge in [0.2, 0.25) is 0 Å². The van der Waals surface area contributed by atoms with E-state index in [0.29, 0.717) is 0 Å². The fourth-order valence-corrected chi connectivity index (χ4v) is 4.58. The lowest BCUT2D eigenvalue weighted by molar-refractivity contribution is -0.645. The predicted molar refractivity (Wildman–Crippen MR) is 117 cm³/mol. The summed E-state index contributed by atoms with van der Waals surface area (Å²) in [7, 11) is 0.